The molecule has 0 aliphatic rings. The van der Waals surface area contributed by atoms with E-state index in [1.807, 2.05) is 13.0 Å². The monoisotopic (exact) mass is 343 g/mol. The number of nitrogens with zero attached hydrogens (tertiary/aromatic N) is 2. The lowest BCUT2D eigenvalue weighted by atomic mass is 10.1. The molecular formula is C12H14BrN3O2S. The number of hydrogen-bond acceptors (Lipinski definition) is 3. The molecule has 0 fully saturated rings. The van der Waals surface area contributed by atoms with Crippen LogP contribution in [0.2, 0.25) is 0 Å². The van der Waals surface area contributed by atoms with Crippen LogP contribution >= 0.6 is 15.9 Å². The highest BCUT2D eigenvalue weighted by Gasteiger charge is 2.19. The third kappa shape index (κ3) is 2.98. The summed E-state index contributed by atoms with van der Waals surface area (Å²) < 4.78 is 29.4. The summed E-state index contributed by atoms with van der Waals surface area (Å²) >= 11 is 3.38. The van der Waals surface area contributed by atoms with Crippen LogP contribution in [0.4, 0.5) is 5.69 Å². The summed E-state index contributed by atoms with van der Waals surface area (Å²) in [6, 6.07) is 6.92. The molecule has 0 radical (unpaired) electrons. The summed E-state index contributed by atoms with van der Waals surface area (Å²) in [4.78, 5) is 0. The summed E-state index contributed by atoms with van der Waals surface area (Å²) in [5.74, 6) is 0. The van der Waals surface area contributed by atoms with Crippen molar-refractivity contribution in [2.24, 2.45) is 7.05 Å². The van der Waals surface area contributed by atoms with E-state index in [1.54, 1.807) is 19.2 Å². The first-order chi connectivity index (χ1) is 8.94. The highest BCUT2D eigenvalue weighted by molar-refractivity contribution is 9.10. The van der Waals surface area contributed by atoms with E-state index in [4.69, 9.17) is 0 Å². The predicted molar refractivity (Wildman–Crippen MR) is 77.5 cm³/mol. The van der Waals surface area contributed by atoms with Crippen molar-refractivity contribution in [3.63, 3.8) is 0 Å². The van der Waals surface area contributed by atoms with Crippen molar-refractivity contribution in [2.75, 3.05) is 4.72 Å². The maximum atomic E-state index is 12.3. The fraction of sp³-hybridized carbons (Fsp3) is 0.250. The molecule has 1 aromatic heterocycles. The molecule has 0 saturated carbocycles. The first kappa shape index (κ1) is 14.1. The molecule has 5 nitrogen and oxygen atoms in total. The normalized spacial score (nSPS) is 11.5. The molecule has 1 heterocycles. The lowest BCUT2D eigenvalue weighted by Crippen LogP contribution is -2.17. The number of sulfonamides is 1. The molecule has 0 aliphatic heterocycles. The molecule has 1 aromatic carbocycles. The maximum absolute atomic E-state index is 12.3. The molecule has 2 rings (SSSR count). The van der Waals surface area contributed by atoms with Gasteiger partial charge in [0.05, 0.1) is 11.9 Å². The third-order valence-corrected chi connectivity index (χ3v) is 4.68. The highest BCUT2D eigenvalue weighted by atomic mass is 79.9. The van der Waals surface area contributed by atoms with Gasteiger partial charge in [-0.2, -0.15) is 13.5 Å². The topological polar surface area (TPSA) is 64.0 Å². The fourth-order valence-corrected chi connectivity index (χ4v) is 3.41. The minimum atomic E-state index is -3.61. The largest absolute Gasteiger partial charge is 0.279 e. The molecular weight excluding hydrogens is 330 g/mol. The van der Waals surface area contributed by atoms with E-state index in [0.717, 1.165) is 16.5 Å². The third-order valence-electron chi connectivity index (χ3n) is 2.74. The smallest absolute Gasteiger partial charge is 0.278 e. The minimum Gasteiger partial charge on any atom is -0.278 e. The Kier molecular flexibility index (Phi) is 3.96. The number of nitrogens with one attached hydrogen (secondary N) is 1. The molecule has 102 valence electrons. The van der Waals surface area contributed by atoms with Crippen molar-refractivity contribution in [3.05, 3.63) is 40.5 Å². The molecule has 19 heavy (non-hydrogen) atoms. The van der Waals surface area contributed by atoms with Gasteiger partial charge in [-0.25, -0.2) is 0 Å². The molecule has 0 aliphatic carbocycles. The van der Waals surface area contributed by atoms with Crippen LogP contribution in [0.15, 0.2) is 40.0 Å². The maximum Gasteiger partial charge on any atom is 0.279 e. The van der Waals surface area contributed by atoms with E-state index in [1.165, 1.54) is 16.9 Å². The second-order valence-corrected chi connectivity index (χ2v) is 6.60. The number of anilines is 1. The van der Waals surface area contributed by atoms with Crippen molar-refractivity contribution >= 4 is 31.6 Å². The molecule has 7 heteroatoms. The van der Waals surface area contributed by atoms with Gasteiger partial charge in [0.15, 0.2) is 5.03 Å². The Morgan fingerprint density at radius 3 is 2.68 bits per heavy atom. The first-order valence-corrected chi connectivity index (χ1v) is 8.01. The van der Waals surface area contributed by atoms with Gasteiger partial charge in [0, 0.05) is 11.5 Å². The van der Waals surface area contributed by atoms with Gasteiger partial charge in [0.25, 0.3) is 10.0 Å². The Morgan fingerprint density at radius 1 is 1.37 bits per heavy atom. The van der Waals surface area contributed by atoms with Crippen LogP contribution in [-0.4, -0.2) is 18.2 Å². The summed E-state index contributed by atoms with van der Waals surface area (Å²) in [6.45, 7) is 1.98. The van der Waals surface area contributed by atoms with E-state index >= 15 is 0 Å². The van der Waals surface area contributed by atoms with Gasteiger partial charge in [0.1, 0.15) is 0 Å². The molecule has 0 unspecified atom stereocenters. The van der Waals surface area contributed by atoms with Crippen LogP contribution in [0.25, 0.3) is 0 Å². The summed E-state index contributed by atoms with van der Waals surface area (Å²) in [5.41, 5.74) is 1.52. The Labute approximate surface area is 120 Å². The molecule has 2 aromatic rings. The summed E-state index contributed by atoms with van der Waals surface area (Å²) in [7, 11) is -2.02. The van der Waals surface area contributed by atoms with Crippen LogP contribution in [-0.2, 0) is 23.5 Å². The molecule has 0 amide bonds. The van der Waals surface area contributed by atoms with Crippen molar-refractivity contribution < 1.29 is 8.42 Å². The van der Waals surface area contributed by atoms with Crippen LogP contribution in [0.5, 0.6) is 0 Å². The number of rotatable bonds is 4. The van der Waals surface area contributed by atoms with Crippen LogP contribution < -0.4 is 4.72 Å². The Bertz CT molecular complexity index is 695. The summed E-state index contributed by atoms with van der Waals surface area (Å²) in [6.07, 6.45) is 2.19. The highest BCUT2D eigenvalue weighted by Crippen LogP contribution is 2.24. The lowest BCUT2D eigenvalue weighted by Gasteiger charge is -2.12. The van der Waals surface area contributed by atoms with Gasteiger partial charge in [0.2, 0.25) is 0 Å². The van der Waals surface area contributed by atoms with E-state index < -0.39 is 10.0 Å². The lowest BCUT2D eigenvalue weighted by molar-refractivity contribution is 0.582. The second-order valence-electron chi connectivity index (χ2n) is 4.05. The minimum absolute atomic E-state index is 0.137. The van der Waals surface area contributed by atoms with Crippen LogP contribution in [0.1, 0.15) is 12.5 Å². The Balaban J connectivity index is 2.39. The first-order valence-electron chi connectivity index (χ1n) is 5.73. The molecule has 0 bridgehead atoms. The van der Waals surface area contributed by atoms with Crippen molar-refractivity contribution in [1.29, 1.82) is 0 Å². The SMILES string of the molecule is CCc1cc(Br)ccc1NS(=O)(=O)c1ccnn1C. The fourth-order valence-electron chi connectivity index (χ4n) is 1.78. The standard InChI is InChI=1S/C12H14BrN3O2S/c1-3-9-8-10(13)4-5-11(9)15-19(17,18)12-6-7-14-16(12)2/h4-8,15H,3H2,1-2H3. The Morgan fingerprint density at radius 2 is 2.11 bits per heavy atom. The van der Waals surface area contributed by atoms with Crippen LogP contribution in [0.3, 0.4) is 0 Å². The number of aromatic nitrogens is 2. The zero-order valence-electron chi connectivity index (χ0n) is 10.6. The van der Waals surface area contributed by atoms with Crippen molar-refractivity contribution in [2.45, 2.75) is 18.4 Å². The van der Waals surface area contributed by atoms with Gasteiger partial charge in [-0.1, -0.05) is 22.9 Å². The number of aryl methyl sites for hydroxylation is 2. The average molecular weight is 344 g/mol. The number of hydrogen-bond donors (Lipinski definition) is 1. The molecule has 0 atom stereocenters. The van der Waals surface area contributed by atoms with E-state index in [-0.39, 0.29) is 5.03 Å². The zero-order chi connectivity index (χ0) is 14.0. The van der Waals surface area contributed by atoms with E-state index in [9.17, 15) is 8.42 Å². The Hall–Kier alpha value is -1.34. The average Bonchev–Trinajstić information content (AvgIpc) is 2.78. The van der Waals surface area contributed by atoms with Gasteiger partial charge >= 0.3 is 0 Å². The van der Waals surface area contributed by atoms with Crippen molar-refractivity contribution in [1.82, 2.24) is 9.78 Å². The van der Waals surface area contributed by atoms with Crippen molar-refractivity contribution in [3.8, 4) is 0 Å². The number of benzene rings is 1. The van der Waals surface area contributed by atoms with Gasteiger partial charge in [-0.05, 0) is 36.2 Å². The quantitative estimate of drug-likeness (QED) is 0.927. The van der Waals surface area contributed by atoms with E-state index in [2.05, 4.69) is 25.8 Å². The van der Waals surface area contributed by atoms with Gasteiger partial charge < -0.3 is 0 Å². The number of halogens is 1. The second kappa shape index (κ2) is 5.34. The summed E-state index contributed by atoms with van der Waals surface area (Å²) in [5, 5.41) is 4.01. The predicted octanol–water partition coefficient (Wildman–Crippen LogP) is 2.55. The zero-order valence-corrected chi connectivity index (χ0v) is 13.0. The van der Waals surface area contributed by atoms with Gasteiger partial charge in [-0.3, -0.25) is 9.40 Å². The molecule has 1 N–H and O–H groups in total. The van der Waals surface area contributed by atoms with Gasteiger partial charge in [-0.15, -0.1) is 0 Å². The molecule has 0 saturated heterocycles. The van der Waals surface area contributed by atoms with Crippen LogP contribution in [0, 0.1) is 0 Å². The van der Waals surface area contributed by atoms with E-state index in [0.29, 0.717) is 5.69 Å². The molecule has 0 spiro atoms.